The van der Waals surface area contributed by atoms with Crippen molar-refractivity contribution < 1.29 is 18.0 Å². The summed E-state index contributed by atoms with van der Waals surface area (Å²) in [7, 11) is -3.94. The largest absolute Gasteiger partial charge is 0.354 e. The van der Waals surface area contributed by atoms with Crippen molar-refractivity contribution in [1.29, 1.82) is 0 Å². The van der Waals surface area contributed by atoms with Gasteiger partial charge in [0.2, 0.25) is 21.8 Å². The molecule has 0 aliphatic carbocycles. The fourth-order valence-electron chi connectivity index (χ4n) is 4.08. The Hall–Kier alpha value is -3.07. The van der Waals surface area contributed by atoms with Gasteiger partial charge in [-0.1, -0.05) is 90.3 Å². The molecule has 0 aromatic heterocycles. The molecule has 0 aliphatic rings. The van der Waals surface area contributed by atoms with Crippen molar-refractivity contribution >= 4 is 50.7 Å². The Balaban J connectivity index is 2.06. The highest BCUT2D eigenvalue weighted by atomic mass is 35.5. The summed E-state index contributed by atoms with van der Waals surface area (Å²) >= 11 is 12.5. The maximum atomic E-state index is 14.0. The maximum Gasteiger partial charge on any atom is 0.244 e. The van der Waals surface area contributed by atoms with Crippen LogP contribution in [0.2, 0.25) is 10.0 Å². The molecule has 3 aromatic rings. The van der Waals surface area contributed by atoms with Crippen molar-refractivity contribution in [2.45, 2.75) is 39.3 Å². The molecule has 0 spiro atoms. The van der Waals surface area contributed by atoms with E-state index in [1.54, 1.807) is 0 Å². The van der Waals surface area contributed by atoms with Gasteiger partial charge in [-0.15, -0.1) is 0 Å². The average molecular weight is 591 g/mol. The molecule has 0 heterocycles. The van der Waals surface area contributed by atoms with Crippen molar-refractivity contribution in [3.05, 3.63) is 99.5 Å². The molecule has 0 saturated heterocycles. The van der Waals surface area contributed by atoms with Gasteiger partial charge in [0, 0.05) is 24.5 Å². The lowest BCUT2D eigenvalue weighted by Gasteiger charge is -2.33. The Morgan fingerprint density at radius 1 is 0.949 bits per heavy atom. The highest BCUT2D eigenvalue weighted by Crippen LogP contribution is 2.31. The van der Waals surface area contributed by atoms with Crippen molar-refractivity contribution in [2.24, 2.45) is 0 Å². The summed E-state index contributed by atoms with van der Waals surface area (Å²) in [5.41, 5.74) is 2.82. The molecule has 10 heteroatoms. The number of carbonyl (C=O) groups excluding carboxylic acids is 2. The minimum atomic E-state index is -3.94. The Labute approximate surface area is 240 Å². The van der Waals surface area contributed by atoms with Crippen LogP contribution >= 0.6 is 23.2 Å². The van der Waals surface area contributed by atoms with Crippen LogP contribution in [0.1, 0.15) is 30.0 Å². The molecule has 1 atom stereocenters. The minimum Gasteiger partial charge on any atom is -0.354 e. The van der Waals surface area contributed by atoms with Crippen LogP contribution in [0.15, 0.2) is 72.8 Å². The molecule has 0 radical (unpaired) electrons. The Kier molecular flexibility index (Phi) is 10.8. The Bertz CT molecular complexity index is 1380. The Morgan fingerprint density at radius 2 is 1.62 bits per heavy atom. The van der Waals surface area contributed by atoms with Gasteiger partial charge in [0.05, 0.1) is 17.0 Å². The first-order valence-corrected chi connectivity index (χ1v) is 15.2. The van der Waals surface area contributed by atoms with E-state index in [1.807, 2.05) is 68.4 Å². The van der Waals surface area contributed by atoms with Crippen molar-refractivity contribution in [3.8, 4) is 0 Å². The summed E-state index contributed by atoms with van der Waals surface area (Å²) in [4.78, 5) is 28.9. The first-order valence-electron chi connectivity index (χ1n) is 12.6. The highest BCUT2D eigenvalue weighted by Gasteiger charge is 2.33. The maximum absolute atomic E-state index is 14.0. The monoisotopic (exact) mass is 589 g/mol. The van der Waals surface area contributed by atoms with Crippen molar-refractivity contribution in [1.82, 2.24) is 10.2 Å². The number of halogens is 2. The molecule has 2 amide bonds. The predicted molar refractivity (Wildman–Crippen MR) is 158 cm³/mol. The summed E-state index contributed by atoms with van der Waals surface area (Å²) in [6.45, 7) is 3.90. The molecule has 3 aromatic carbocycles. The van der Waals surface area contributed by atoms with Crippen LogP contribution in [0.3, 0.4) is 0 Å². The van der Waals surface area contributed by atoms with Gasteiger partial charge in [-0.2, -0.15) is 0 Å². The smallest absolute Gasteiger partial charge is 0.244 e. The molecular formula is C29H33Cl2N3O4S. The van der Waals surface area contributed by atoms with Gasteiger partial charge < -0.3 is 10.2 Å². The summed E-state index contributed by atoms with van der Waals surface area (Å²) in [5.74, 6) is -0.863. The van der Waals surface area contributed by atoms with E-state index in [-0.39, 0.29) is 34.6 Å². The summed E-state index contributed by atoms with van der Waals surface area (Å²) in [6.07, 6.45) is 1.98. The van der Waals surface area contributed by atoms with E-state index in [0.29, 0.717) is 6.54 Å². The number of nitrogens with zero attached hydrogens (tertiary/aromatic N) is 2. The second-order valence-corrected chi connectivity index (χ2v) is 12.1. The third-order valence-electron chi connectivity index (χ3n) is 6.15. The number of anilines is 1. The molecule has 0 aliphatic heterocycles. The van der Waals surface area contributed by atoms with Crippen LogP contribution in [-0.4, -0.2) is 50.5 Å². The van der Waals surface area contributed by atoms with Gasteiger partial charge in [0.15, 0.2) is 0 Å². The number of nitrogens with one attached hydrogen (secondary N) is 1. The Morgan fingerprint density at radius 3 is 2.23 bits per heavy atom. The molecular weight excluding hydrogens is 557 g/mol. The van der Waals surface area contributed by atoms with E-state index in [0.717, 1.165) is 33.7 Å². The van der Waals surface area contributed by atoms with Gasteiger partial charge >= 0.3 is 0 Å². The zero-order valence-corrected chi connectivity index (χ0v) is 24.6. The third kappa shape index (κ3) is 8.71. The fraction of sp³-hybridized carbons (Fsp3) is 0.310. The van der Waals surface area contributed by atoms with Gasteiger partial charge in [0.25, 0.3) is 0 Å². The van der Waals surface area contributed by atoms with Gasteiger partial charge in [0.1, 0.15) is 12.6 Å². The number of rotatable bonds is 12. The van der Waals surface area contributed by atoms with Gasteiger partial charge in [-0.05, 0) is 42.7 Å². The number of hydrogen-bond acceptors (Lipinski definition) is 4. The van der Waals surface area contributed by atoms with Crippen molar-refractivity contribution in [3.63, 3.8) is 0 Å². The number of carbonyl (C=O) groups is 2. The van der Waals surface area contributed by atoms with E-state index in [1.165, 1.54) is 23.1 Å². The number of sulfonamides is 1. The molecule has 1 N–H and O–H groups in total. The quantitative estimate of drug-likeness (QED) is 0.313. The second kappa shape index (κ2) is 13.8. The average Bonchev–Trinajstić information content (AvgIpc) is 2.90. The lowest BCUT2D eigenvalue weighted by Crippen LogP contribution is -2.53. The van der Waals surface area contributed by atoms with E-state index < -0.39 is 28.5 Å². The lowest BCUT2D eigenvalue weighted by molar-refractivity contribution is -0.140. The summed E-state index contributed by atoms with van der Waals surface area (Å²) in [6, 6.07) is 20.6. The van der Waals surface area contributed by atoms with E-state index in [2.05, 4.69) is 5.32 Å². The topological polar surface area (TPSA) is 86.8 Å². The van der Waals surface area contributed by atoms with Crippen LogP contribution in [-0.2, 0) is 32.6 Å². The standard InChI is InChI=1S/C29H33Cl2N3O4S/c1-4-16-32-29(36)27(17-22-8-6-5-7-9-22)33(19-23-12-10-21(2)11-13-23)28(35)20-34(39(3,37)38)26-18-24(30)14-15-25(26)31/h5-15,18,27H,4,16-17,19-20H2,1-3H3,(H,32,36)/t27-/m1/s1. The lowest BCUT2D eigenvalue weighted by atomic mass is 10.0. The molecule has 7 nitrogen and oxygen atoms in total. The molecule has 0 bridgehead atoms. The first-order chi connectivity index (χ1) is 18.5. The highest BCUT2D eigenvalue weighted by molar-refractivity contribution is 7.92. The number of amides is 2. The third-order valence-corrected chi connectivity index (χ3v) is 7.83. The fourth-order valence-corrected chi connectivity index (χ4v) is 5.37. The zero-order valence-electron chi connectivity index (χ0n) is 22.2. The number of hydrogen-bond donors (Lipinski definition) is 1. The van der Waals surface area contributed by atoms with E-state index in [9.17, 15) is 18.0 Å². The molecule has 208 valence electrons. The molecule has 0 saturated carbocycles. The van der Waals surface area contributed by atoms with Crippen LogP contribution in [0.25, 0.3) is 0 Å². The zero-order chi connectivity index (χ0) is 28.6. The van der Waals surface area contributed by atoms with E-state index >= 15 is 0 Å². The van der Waals surface area contributed by atoms with Gasteiger partial charge in [-0.3, -0.25) is 13.9 Å². The van der Waals surface area contributed by atoms with Crippen LogP contribution < -0.4 is 9.62 Å². The van der Waals surface area contributed by atoms with Crippen molar-refractivity contribution in [2.75, 3.05) is 23.7 Å². The van der Waals surface area contributed by atoms with Gasteiger partial charge in [-0.25, -0.2) is 8.42 Å². The molecule has 39 heavy (non-hydrogen) atoms. The summed E-state index contributed by atoms with van der Waals surface area (Å²) < 4.78 is 26.6. The normalized spacial score (nSPS) is 12.0. The predicted octanol–water partition coefficient (Wildman–Crippen LogP) is 5.23. The first kappa shape index (κ1) is 30.5. The van der Waals surface area contributed by atoms with Crippen LogP contribution in [0.4, 0.5) is 5.69 Å². The molecule has 3 rings (SSSR count). The molecule has 0 unspecified atom stereocenters. The number of benzene rings is 3. The summed E-state index contributed by atoms with van der Waals surface area (Å²) in [5, 5.41) is 3.31. The van der Waals surface area contributed by atoms with E-state index in [4.69, 9.17) is 23.2 Å². The molecule has 0 fully saturated rings. The number of aryl methyl sites for hydroxylation is 1. The van der Waals surface area contributed by atoms with Crippen LogP contribution in [0, 0.1) is 6.92 Å². The van der Waals surface area contributed by atoms with Crippen LogP contribution in [0.5, 0.6) is 0 Å². The minimum absolute atomic E-state index is 0.0883. The second-order valence-electron chi connectivity index (χ2n) is 9.37. The SMILES string of the molecule is CCCNC(=O)[C@@H](Cc1ccccc1)N(Cc1ccc(C)cc1)C(=O)CN(c1cc(Cl)ccc1Cl)S(C)(=O)=O.